The van der Waals surface area contributed by atoms with E-state index in [1.807, 2.05) is 18.3 Å². The van der Waals surface area contributed by atoms with Gasteiger partial charge in [0.2, 0.25) is 0 Å². The Bertz CT molecular complexity index is 690. The quantitative estimate of drug-likeness (QED) is 0.395. The van der Waals surface area contributed by atoms with Crippen molar-refractivity contribution in [3.8, 4) is 0 Å². The largest absolute Gasteiger partial charge is 0.357 e. The second-order valence-corrected chi connectivity index (χ2v) is 7.04. The van der Waals surface area contributed by atoms with Crippen LogP contribution >= 0.6 is 24.0 Å². The molecule has 1 fully saturated rings. The van der Waals surface area contributed by atoms with E-state index in [1.165, 1.54) is 12.0 Å². The summed E-state index contributed by atoms with van der Waals surface area (Å²) in [6, 6.07) is 17.0. The van der Waals surface area contributed by atoms with Gasteiger partial charge in [-0.2, -0.15) is 0 Å². The molecule has 0 radical (unpaired) electrons. The Labute approximate surface area is 180 Å². The Morgan fingerprint density at radius 2 is 1.96 bits per heavy atom. The van der Waals surface area contributed by atoms with Gasteiger partial charge in [-0.1, -0.05) is 43.3 Å². The monoisotopic (exact) mass is 478 g/mol. The van der Waals surface area contributed by atoms with Crippen molar-refractivity contribution in [3.05, 3.63) is 66.0 Å². The summed E-state index contributed by atoms with van der Waals surface area (Å²) < 4.78 is 0. The summed E-state index contributed by atoms with van der Waals surface area (Å²) >= 11 is 0. The zero-order valence-corrected chi connectivity index (χ0v) is 18.7. The number of hydrogen-bond donors (Lipinski definition) is 1. The number of rotatable bonds is 5. The fraction of sp³-hybridized carbons (Fsp3) is 0.455. The highest BCUT2D eigenvalue weighted by Gasteiger charge is 2.28. The number of likely N-dealkylation sites (tertiary alicyclic amines) is 1. The van der Waals surface area contributed by atoms with Crippen molar-refractivity contribution in [1.29, 1.82) is 0 Å². The molecular formula is C22H31IN4. The van der Waals surface area contributed by atoms with Crippen molar-refractivity contribution in [1.82, 2.24) is 15.2 Å². The lowest BCUT2D eigenvalue weighted by molar-refractivity contribution is 0.234. The third-order valence-corrected chi connectivity index (χ3v) is 5.12. The molecule has 1 saturated heterocycles. The van der Waals surface area contributed by atoms with E-state index in [1.54, 1.807) is 0 Å². The molecule has 0 bridgehead atoms. The van der Waals surface area contributed by atoms with Crippen molar-refractivity contribution < 1.29 is 0 Å². The first-order valence-electron chi connectivity index (χ1n) is 9.76. The summed E-state index contributed by atoms with van der Waals surface area (Å²) in [4.78, 5) is 11.7. The van der Waals surface area contributed by atoms with Crippen molar-refractivity contribution in [2.75, 3.05) is 26.2 Å². The molecule has 2 unspecified atom stereocenters. The number of guanidine groups is 1. The van der Waals surface area contributed by atoms with Crippen LogP contribution in [0.25, 0.3) is 0 Å². The van der Waals surface area contributed by atoms with E-state index in [0.29, 0.717) is 11.8 Å². The second kappa shape index (κ2) is 11.3. The number of pyridine rings is 1. The highest BCUT2D eigenvalue weighted by atomic mass is 127. The van der Waals surface area contributed by atoms with E-state index in [9.17, 15) is 0 Å². The maximum Gasteiger partial charge on any atom is 0.193 e. The average molecular weight is 478 g/mol. The summed E-state index contributed by atoms with van der Waals surface area (Å²) in [6.07, 6.45) is 3.90. The average Bonchev–Trinajstić information content (AvgIpc) is 2.69. The molecule has 0 aliphatic carbocycles. The summed E-state index contributed by atoms with van der Waals surface area (Å²) in [5, 5.41) is 3.47. The van der Waals surface area contributed by atoms with Gasteiger partial charge in [0.1, 0.15) is 0 Å². The molecule has 1 aromatic heterocycles. The molecule has 4 nitrogen and oxygen atoms in total. The van der Waals surface area contributed by atoms with Crippen LogP contribution in [0.5, 0.6) is 0 Å². The van der Waals surface area contributed by atoms with Gasteiger partial charge < -0.3 is 10.2 Å². The molecule has 1 N–H and O–H groups in total. The van der Waals surface area contributed by atoms with Gasteiger partial charge in [0.15, 0.2) is 5.96 Å². The minimum Gasteiger partial charge on any atom is -0.357 e. The number of piperidine rings is 1. The summed E-state index contributed by atoms with van der Waals surface area (Å²) in [6.45, 7) is 8.27. The van der Waals surface area contributed by atoms with Crippen molar-refractivity contribution in [3.63, 3.8) is 0 Å². The fourth-order valence-corrected chi connectivity index (χ4v) is 3.78. The molecule has 2 aromatic rings. The predicted octanol–water partition coefficient (Wildman–Crippen LogP) is 4.33. The summed E-state index contributed by atoms with van der Waals surface area (Å²) in [7, 11) is 0. The van der Waals surface area contributed by atoms with Crippen molar-refractivity contribution >= 4 is 29.9 Å². The lowest BCUT2D eigenvalue weighted by atomic mass is 9.82. The van der Waals surface area contributed by atoms with Crippen LogP contribution in [0.15, 0.2) is 59.7 Å². The SMILES string of the molecule is CCNC(=NCCc1ccccn1)N1CCC(c2ccccc2)C(C)C1.I. The molecule has 1 aliphatic rings. The van der Waals surface area contributed by atoms with Gasteiger partial charge in [-0.15, -0.1) is 24.0 Å². The molecule has 1 aromatic carbocycles. The van der Waals surface area contributed by atoms with Crippen molar-refractivity contribution in [2.24, 2.45) is 10.9 Å². The first kappa shape index (κ1) is 21.7. The van der Waals surface area contributed by atoms with Crippen LogP contribution in [0.2, 0.25) is 0 Å². The Morgan fingerprint density at radius 3 is 2.63 bits per heavy atom. The molecule has 2 heterocycles. The van der Waals surface area contributed by atoms with E-state index in [2.05, 4.69) is 65.4 Å². The van der Waals surface area contributed by atoms with Gasteiger partial charge in [0.25, 0.3) is 0 Å². The maximum atomic E-state index is 4.86. The molecule has 27 heavy (non-hydrogen) atoms. The zero-order valence-electron chi connectivity index (χ0n) is 16.3. The van der Waals surface area contributed by atoms with Crippen LogP contribution < -0.4 is 5.32 Å². The Morgan fingerprint density at radius 1 is 1.19 bits per heavy atom. The van der Waals surface area contributed by atoms with Gasteiger partial charge >= 0.3 is 0 Å². The molecule has 146 valence electrons. The van der Waals surface area contributed by atoms with Crippen LogP contribution in [0, 0.1) is 5.92 Å². The van der Waals surface area contributed by atoms with Gasteiger partial charge in [-0.05, 0) is 42.9 Å². The van der Waals surface area contributed by atoms with E-state index in [4.69, 9.17) is 4.99 Å². The van der Waals surface area contributed by atoms with Gasteiger partial charge in [-0.25, -0.2) is 0 Å². The number of aromatic nitrogens is 1. The number of nitrogens with one attached hydrogen (secondary N) is 1. The van der Waals surface area contributed by atoms with Crippen LogP contribution in [-0.4, -0.2) is 42.0 Å². The number of benzene rings is 1. The van der Waals surface area contributed by atoms with Crippen LogP contribution in [0.1, 0.15) is 37.4 Å². The lowest BCUT2D eigenvalue weighted by Crippen LogP contribution is -2.48. The lowest BCUT2D eigenvalue weighted by Gasteiger charge is -2.39. The number of nitrogens with zero attached hydrogens (tertiary/aromatic N) is 3. The highest BCUT2D eigenvalue weighted by molar-refractivity contribution is 14.0. The first-order valence-corrected chi connectivity index (χ1v) is 9.76. The topological polar surface area (TPSA) is 40.5 Å². The third kappa shape index (κ3) is 6.19. The maximum absolute atomic E-state index is 4.86. The smallest absolute Gasteiger partial charge is 0.193 e. The van der Waals surface area contributed by atoms with E-state index < -0.39 is 0 Å². The normalized spacial score (nSPS) is 20.1. The zero-order chi connectivity index (χ0) is 18.2. The molecular weight excluding hydrogens is 447 g/mol. The Balaban J connectivity index is 0.00000261. The van der Waals surface area contributed by atoms with Crippen LogP contribution in [-0.2, 0) is 6.42 Å². The second-order valence-electron chi connectivity index (χ2n) is 7.04. The summed E-state index contributed by atoms with van der Waals surface area (Å²) in [5.74, 6) is 2.30. The third-order valence-electron chi connectivity index (χ3n) is 5.12. The molecule has 2 atom stereocenters. The highest BCUT2D eigenvalue weighted by Crippen LogP contribution is 2.32. The Kier molecular flexibility index (Phi) is 9.04. The predicted molar refractivity (Wildman–Crippen MR) is 124 cm³/mol. The molecule has 0 spiro atoms. The number of halogens is 1. The van der Waals surface area contributed by atoms with Crippen molar-refractivity contribution in [2.45, 2.75) is 32.6 Å². The standard InChI is InChI=1S/C22H30N4.HI/c1-3-23-22(25-15-12-20-11-7-8-14-24-20)26-16-13-21(18(2)17-26)19-9-5-4-6-10-19;/h4-11,14,18,21H,3,12-13,15-17H2,1-2H3,(H,23,25);1H. The van der Waals surface area contributed by atoms with Gasteiger partial charge in [0.05, 0.1) is 0 Å². The van der Waals surface area contributed by atoms with E-state index >= 15 is 0 Å². The fourth-order valence-electron chi connectivity index (χ4n) is 3.78. The van der Waals surface area contributed by atoms with Crippen LogP contribution in [0.3, 0.4) is 0 Å². The Hall–Kier alpha value is -1.63. The van der Waals surface area contributed by atoms with Gasteiger partial charge in [0, 0.05) is 44.5 Å². The molecule has 0 amide bonds. The summed E-state index contributed by atoms with van der Waals surface area (Å²) in [5.41, 5.74) is 2.57. The molecule has 5 heteroatoms. The minimum atomic E-state index is 0. The number of aliphatic imine (C=N–C) groups is 1. The van der Waals surface area contributed by atoms with E-state index in [-0.39, 0.29) is 24.0 Å². The first-order chi connectivity index (χ1) is 12.8. The molecule has 0 saturated carbocycles. The molecule has 3 rings (SSSR count). The van der Waals surface area contributed by atoms with E-state index in [0.717, 1.165) is 44.3 Å². The molecule has 1 aliphatic heterocycles. The van der Waals surface area contributed by atoms with Gasteiger partial charge in [-0.3, -0.25) is 9.98 Å². The van der Waals surface area contributed by atoms with Crippen LogP contribution in [0.4, 0.5) is 0 Å². The number of hydrogen-bond acceptors (Lipinski definition) is 2. The minimum absolute atomic E-state index is 0.